The van der Waals surface area contributed by atoms with Crippen LogP contribution in [0.4, 0.5) is 11.4 Å². The number of nitrogens with zero attached hydrogens (tertiary/aromatic N) is 2. The van der Waals surface area contributed by atoms with Gasteiger partial charge < -0.3 is 5.32 Å². The molecule has 0 spiro atoms. The van der Waals surface area contributed by atoms with Crippen LogP contribution in [0, 0.1) is 28.4 Å². The van der Waals surface area contributed by atoms with Gasteiger partial charge in [0.05, 0.1) is 11.0 Å². The molecule has 0 radical (unpaired) electrons. The Hall–Kier alpha value is -3.53. The van der Waals surface area contributed by atoms with Crippen LogP contribution in [0.25, 0.3) is 0 Å². The van der Waals surface area contributed by atoms with Crippen LogP contribution in [0.5, 0.6) is 0 Å². The van der Waals surface area contributed by atoms with E-state index in [-0.39, 0.29) is 36.4 Å². The molecule has 0 aliphatic heterocycles. The number of nitro benzene ring substituents is 1. The number of carbonyl (C=O) groups excluding carboxylic acids is 2. The summed E-state index contributed by atoms with van der Waals surface area (Å²) in [5.41, 5.74) is 1.54. The van der Waals surface area contributed by atoms with Crippen molar-refractivity contribution in [1.82, 2.24) is 0 Å². The molecule has 0 saturated heterocycles. The van der Waals surface area contributed by atoms with Crippen molar-refractivity contribution in [2.45, 2.75) is 32.1 Å². The average molecular weight is 365 g/mol. The molecule has 7 nitrogen and oxygen atoms in total. The molecule has 1 atom stereocenters. The van der Waals surface area contributed by atoms with Crippen molar-refractivity contribution in [3.63, 3.8) is 0 Å². The molecule has 0 fully saturated rings. The summed E-state index contributed by atoms with van der Waals surface area (Å²) >= 11 is 0. The van der Waals surface area contributed by atoms with Crippen molar-refractivity contribution in [1.29, 1.82) is 5.26 Å². The number of nitro groups is 1. The molecular formula is C20H19N3O4. The van der Waals surface area contributed by atoms with Gasteiger partial charge in [0.15, 0.2) is 5.78 Å². The molecule has 1 amide bonds. The molecule has 0 aromatic heterocycles. The number of benzene rings is 2. The molecule has 2 aromatic carbocycles. The number of aryl methyl sites for hydroxylation is 1. The maximum Gasteiger partial charge on any atom is 0.292 e. The van der Waals surface area contributed by atoms with Crippen LogP contribution in [0.3, 0.4) is 0 Å². The molecule has 0 aliphatic rings. The van der Waals surface area contributed by atoms with Crippen molar-refractivity contribution in [3.05, 3.63) is 69.8 Å². The average Bonchev–Trinajstić information content (AvgIpc) is 2.62. The van der Waals surface area contributed by atoms with Crippen LogP contribution in [0.1, 0.15) is 36.3 Å². The predicted octanol–water partition coefficient (Wildman–Crippen LogP) is 3.89. The van der Waals surface area contributed by atoms with Crippen molar-refractivity contribution in [3.8, 4) is 6.07 Å². The standard InChI is InChI=1S/C20H19N3O4/c1-14-6-4-7-15(12-14)16(13-21)19(24)10-5-11-20(25)22-17-8-2-3-9-18(17)23(26)27/h2-4,6-9,12,16H,5,10-11H2,1H3,(H,22,25)/t16-/m1/s1. The summed E-state index contributed by atoms with van der Waals surface area (Å²) < 4.78 is 0. The quantitative estimate of drug-likeness (QED) is 0.563. The van der Waals surface area contributed by atoms with Crippen LogP contribution in [0.15, 0.2) is 48.5 Å². The first-order valence-electron chi connectivity index (χ1n) is 8.44. The van der Waals surface area contributed by atoms with Crippen molar-refractivity contribution in [2.75, 3.05) is 5.32 Å². The molecule has 2 aromatic rings. The van der Waals surface area contributed by atoms with E-state index in [1.807, 2.05) is 19.1 Å². The van der Waals surface area contributed by atoms with Gasteiger partial charge in [-0.15, -0.1) is 0 Å². The smallest absolute Gasteiger partial charge is 0.292 e. The normalized spacial score (nSPS) is 11.3. The topological polar surface area (TPSA) is 113 Å². The Morgan fingerprint density at radius 3 is 2.59 bits per heavy atom. The number of nitrogens with one attached hydrogen (secondary N) is 1. The third kappa shape index (κ3) is 5.47. The summed E-state index contributed by atoms with van der Waals surface area (Å²) in [4.78, 5) is 34.7. The van der Waals surface area contributed by atoms with Crippen molar-refractivity contribution in [2.24, 2.45) is 0 Å². The molecule has 0 unspecified atom stereocenters. The number of nitriles is 1. The van der Waals surface area contributed by atoms with E-state index >= 15 is 0 Å². The van der Waals surface area contributed by atoms with E-state index in [1.54, 1.807) is 24.3 Å². The maximum atomic E-state index is 12.3. The lowest BCUT2D eigenvalue weighted by molar-refractivity contribution is -0.383. The fourth-order valence-corrected chi connectivity index (χ4v) is 2.70. The number of ketones is 1. The van der Waals surface area contributed by atoms with Crippen molar-refractivity contribution >= 4 is 23.1 Å². The third-order valence-electron chi connectivity index (χ3n) is 4.03. The van der Waals surface area contributed by atoms with Crippen LogP contribution < -0.4 is 5.32 Å². The van der Waals surface area contributed by atoms with Crippen LogP contribution >= 0.6 is 0 Å². The number of Topliss-reactive ketones (excluding diaryl/α,β-unsaturated/α-hetero) is 1. The number of carbonyl (C=O) groups is 2. The van der Waals surface area contributed by atoms with Gasteiger partial charge in [-0.1, -0.05) is 42.0 Å². The summed E-state index contributed by atoms with van der Waals surface area (Å²) in [5, 5.41) is 22.8. The van der Waals surface area contributed by atoms with Crippen LogP contribution in [-0.4, -0.2) is 16.6 Å². The molecule has 0 heterocycles. The van der Waals surface area contributed by atoms with Crippen molar-refractivity contribution < 1.29 is 14.5 Å². The van der Waals surface area contributed by atoms with Crippen LogP contribution in [-0.2, 0) is 9.59 Å². The number of anilines is 1. The molecule has 7 heteroatoms. The van der Waals surface area contributed by atoms with Crippen LogP contribution in [0.2, 0.25) is 0 Å². The van der Waals surface area contributed by atoms with Gasteiger partial charge in [0.1, 0.15) is 11.6 Å². The first-order valence-corrected chi connectivity index (χ1v) is 8.44. The molecule has 2 rings (SSSR count). The Labute approximate surface area is 156 Å². The minimum Gasteiger partial charge on any atom is -0.320 e. The highest BCUT2D eigenvalue weighted by molar-refractivity contribution is 5.93. The molecule has 27 heavy (non-hydrogen) atoms. The zero-order valence-electron chi connectivity index (χ0n) is 14.8. The highest BCUT2D eigenvalue weighted by Crippen LogP contribution is 2.24. The molecule has 0 saturated carbocycles. The fraction of sp³-hybridized carbons (Fsp3) is 0.250. The minimum absolute atomic E-state index is 0.0315. The van der Waals surface area contributed by atoms with Gasteiger partial charge in [0.25, 0.3) is 5.69 Å². The largest absolute Gasteiger partial charge is 0.320 e. The van der Waals surface area contributed by atoms with Gasteiger partial charge in [-0.3, -0.25) is 19.7 Å². The second-order valence-electron chi connectivity index (χ2n) is 6.12. The Morgan fingerprint density at radius 1 is 1.19 bits per heavy atom. The third-order valence-corrected chi connectivity index (χ3v) is 4.03. The van der Waals surface area contributed by atoms with E-state index in [0.717, 1.165) is 5.56 Å². The van der Waals surface area contributed by atoms with E-state index in [0.29, 0.717) is 5.56 Å². The second kappa shape index (κ2) is 9.25. The number of amides is 1. The van der Waals surface area contributed by atoms with E-state index < -0.39 is 16.7 Å². The predicted molar refractivity (Wildman–Crippen MR) is 100 cm³/mol. The van der Waals surface area contributed by atoms with E-state index in [2.05, 4.69) is 5.32 Å². The van der Waals surface area contributed by atoms with E-state index in [4.69, 9.17) is 0 Å². The lowest BCUT2D eigenvalue weighted by atomic mass is 9.92. The first-order chi connectivity index (χ1) is 12.9. The molecule has 138 valence electrons. The first kappa shape index (κ1) is 19.8. The summed E-state index contributed by atoms with van der Waals surface area (Å²) in [6.45, 7) is 1.88. The van der Waals surface area contributed by atoms with Gasteiger partial charge in [-0.2, -0.15) is 5.26 Å². The molecular weight excluding hydrogens is 346 g/mol. The molecule has 1 N–H and O–H groups in total. The highest BCUT2D eigenvalue weighted by Gasteiger charge is 2.20. The Morgan fingerprint density at radius 2 is 1.93 bits per heavy atom. The van der Waals surface area contributed by atoms with Gasteiger partial charge in [-0.25, -0.2) is 0 Å². The fourth-order valence-electron chi connectivity index (χ4n) is 2.70. The maximum absolute atomic E-state index is 12.3. The lowest BCUT2D eigenvalue weighted by Crippen LogP contribution is -2.15. The number of hydrogen-bond acceptors (Lipinski definition) is 5. The Bertz CT molecular complexity index is 902. The van der Waals surface area contributed by atoms with E-state index in [9.17, 15) is 25.0 Å². The highest BCUT2D eigenvalue weighted by atomic mass is 16.6. The Balaban J connectivity index is 1.90. The van der Waals surface area contributed by atoms with Gasteiger partial charge in [-0.05, 0) is 25.0 Å². The van der Waals surface area contributed by atoms with Gasteiger partial charge in [0.2, 0.25) is 5.91 Å². The lowest BCUT2D eigenvalue weighted by Gasteiger charge is -2.09. The zero-order valence-corrected chi connectivity index (χ0v) is 14.8. The number of para-hydroxylation sites is 2. The summed E-state index contributed by atoms with van der Waals surface area (Å²) in [7, 11) is 0. The summed E-state index contributed by atoms with van der Waals surface area (Å²) in [6, 6.07) is 15.1. The molecule has 0 bridgehead atoms. The second-order valence-corrected chi connectivity index (χ2v) is 6.12. The number of hydrogen-bond donors (Lipinski definition) is 1. The zero-order chi connectivity index (χ0) is 19.8. The van der Waals surface area contributed by atoms with Gasteiger partial charge >= 0.3 is 0 Å². The summed E-state index contributed by atoms with van der Waals surface area (Å²) in [5.74, 6) is -1.52. The summed E-state index contributed by atoms with van der Waals surface area (Å²) in [6.07, 6.45) is 0.371. The molecule has 0 aliphatic carbocycles. The van der Waals surface area contributed by atoms with E-state index in [1.165, 1.54) is 18.2 Å². The Kier molecular flexibility index (Phi) is 6.78. The number of rotatable bonds is 8. The monoisotopic (exact) mass is 365 g/mol. The SMILES string of the molecule is Cc1cccc([C@@H](C#N)C(=O)CCCC(=O)Nc2ccccc2[N+](=O)[O-])c1. The minimum atomic E-state index is -0.858. The van der Waals surface area contributed by atoms with Gasteiger partial charge in [0, 0.05) is 18.9 Å².